The predicted molar refractivity (Wildman–Crippen MR) is 54.9 cm³/mol. The Hall–Kier alpha value is -2.02. The molecule has 0 aromatic carbocycles. The summed E-state index contributed by atoms with van der Waals surface area (Å²) in [5.74, 6) is 6.55. The lowest BCUT2D eigenvalue weighted by atomic mass is 10.5. The number of hydrogen-bond donors (Lipinski definition) is 1. The summed E-state index contributed by atoms with van der Waals surface area (Å²) in [6.45, 7) is 2.43. The molecular formula is C10H10N4. The fourth-order valence-electron chi connectivity index (χ4n) is 1.13. The van der Waals surface area contributed by atoms with Gasteiger partial charge in [0, 0.05) is 12.3 Å². The number of anilines is 1. The monoisotopic (exact) mass is 186 g/mol. The van der Waals surface area contributed by atoms with E-state index in [9.17, 15) is 0 Å². The summed E-state index contributed by atoms with van der Waals surface area (Å²) in [6, 6.07) is 3.73. The standard InChI is InChI=1S/C10H10N4/c1-2-3-6-11-9-5-8-14-10(13-9)4-7-12-14/h4-5,7-8H,6H2,1H3,(H,11,13). The Balaban J connectivity index is 2.20. The molecule has 0 aliphatic carbocycles. The van der Waals surface area contributed by atoms with E-state index >= 15 is 0 Å². The molecule has 0 atom stereocenters. The van der Waals surface area contributed by atoms with Crippen molar-refractivity contribution in [3.63, 3.8) is 0 Å². The van der Waals surface area contributed by atoms with Gasteiger partial charge < -0.3 is 5.32 Å². The first kappa shape index (κ1) is 8.57. The zero-order valence-electron chi connectivity index (χ0n) is 7.86. The van der Waals surface area contributed by atoms with Gasteiger partial charge in [-0.3, -0.25) is 0 Å². The van der Waals surface area contributed by atoms with Crippen LogP contribution in [0.5, 0.6) is 0 Å². The smallest absolute Gasteiger partial charge is 0.157 e. The predicted octanol–water partition coefficient (Wildman–Crippen LogP) is 1.16. The van der Waals surface area contributed by atoms with E-state index in [0.717, 1.165) is 11.5 Å². The molecule has 2 heterocycles. The third kappa shape index (κ3) is 1.67. The molecule has 2 aromatic heterocycles. The molecule has 0 aliphatic heterocycles. The Kier molecular flexibility index (Phi) is 2.32. The van der Waals surface area contributed by atoms with Gasteiger partial charge in [0.25, 0.3) is 0 Å². The van der Waals surface area contributed by atoms with Crippen molar-refractivity contribution in [2.45, 2.75) is 6.92 Å². The Morgan fingerprint density at radius 3 is 3.29 bits per heavy atom. The second-order valence-corrected chi connectivity index (χ2v) is 2.73. The topological polar surface area (TPSA) is 42.2 Å². The highest BCUT2D eigenvalue weighted by atomic mass is 15.2. The summed E-state index contributed by atoms with van der Waals surface area (Å²) >= 11 is 0. The first-order valence-corrected chi connectivity index (χ1v) is 4.34. The normalized spacial score (nSPS) is 9.50. The molecule has 0 spiro atoms. The van der Waals surface area contributed by atoms with E-state index < -0.39 is 0 Å². The van der Waals surface area contributed by atoms with Gasteiger partial charge in [0.15, 0.2) is 5.65 Å². The zero-order valence-corrected chi connectivity index (χ0v) is 7.86. The number of nitrogens with one attached hydrogen (secondary N) is 1. The van der Waals surface area contributed by atoms with Crippen molar-refractivity contribution < 1.29 is 0 Å². The summed E-state index contributed by atoms with van der Waals surface area (Å²) in [5.41, 5.74) is 0.833. The Labute approximate surface area is 82.0 Å². The summed E-state index contributed by atoms with van der Waals surface area (Å²) in [5, 5.41) is 7.16. The van der Waals surface area contributed by atoms with Crippen molar-refractivity contribution in [1.29, 1.82) is 0 Å². The zero-order chi connectivity index (χ0) is 9.80. The molecule has 0 amide bonds. The van der Waals surface area contributed by atoms with Crippen molar-refractivity contribution in [3.05, 3.63) is 24.5 Å². The second-order valence-electron chi connectivity index (χ2n) is 2.73. The van der Waals surface area contributed by atoms with E-state index in [1.165, 1.54) is 0 Å². The van der Waals surface area contributed by atoms with Crippen LogP contribution in [0.15, 0.2) is 24.5 Å². The Morgan fingerprint density at radius 1 is 1.50 bits per heavy atom. The van der Waals surface area contributed by atoms with E-state index in [-0.39, 0.29) is 0 Å². The van der Waals surface area contributed by atoms with E-state index in [0.29, 0.717) is 6.54 Å². The minimum atomic E-state index is 0.619. The first-order chi connectivity index (χ1) is 6.90. The molecule has 0 bridgehead atoms. The van der Waals surface area contributed by atoms with Gasteiger partial charge in [-0.2, -0.15) is 5.10 Å². The Morgan fingerprint density at radius 2 is 2.43 bits per heavy atom. The van der Waals surface area contributed by atoms with E-state index in [4.69, 9.17) is 0 Å². The first-order valence-electron chi connectivity index (χ1n) is 4.34. The fraction of sp³-hybridized carbons (Fsp3) is 0.200. The maximum atomic E-state index is 4.33. The second kappa shape index (κ2) is 3.79. The average Bonchev–Trinajstić information content (AvgIpc) is 2.65. The number of rotatable bonds is 2. The third-order valence-corrected chi connectivity index (χ3v) is 1.79. The molecule has 0 aliphatic rings. The number of fused-ring (bicyclic) bond motifs is 1. The van der Waals surface area contributed by atoms with E-state index in [1.807, 2.05) is 25.3 Å². The van der Waals surface area contributed by atoms with Crippen molar-refractivity contribution >= 4 is 11.5 Å². The maximum Gasteiger partial charge on any atom is 0.157 e. The van der Waals surface area contributed by atoms with Crippen LogP contribution >= 0.6 is 0 Å². The molecule has 0 fully saturated rings. The molecule has 2 aromatic rings. The van der Waals surface area contributed by atoms with Crippen LogP contribution in [0.1, 0.15) is 6.92 Å². The maximum absolute atomic E-state index is 4.33. The Bertz CT molecular complexity index is 489. The highest BCUT2D eigenvalue weighted by Crippen LogP contribution is 2.04. The molecule has 2 rings (SSSR count). The van der Waals surface area contributed by atoms with Crippen LogP contribution in [0.4, 0.5) is 5.82 Å². The average molecular weight is 186 g/mol. The van der Waals surface area contributed by atoms with Gasteiger partial charge in [-0.05, 0) is 13.0 Å². The largest absolute Gasteiger partial charge is 0.359 e. The van der Waals surface area contributed by atoms with E-state index in [2.05, 4.69) is 27.2 Å². The molecule has 0 saturated heterocycles. The van der Waals surface area contributed by atoms with E-state index in [1.54, 1.807) is 10.7 Å². The molecule has 70 valence electrons. The van der Waals surface area contributed by atoms with Gasteiger partial charge in [-0.15, -0.1) is 5.92 Å². The highest BCUT2D eigenvalue weighted by Gasteiger charge is 1.95. The van der Waals surface area contributed by atoms with Crippen molar-refractivity contribution in [3.8, 4) is 11.8 Å². The summed E-state index contributed by atoms with van der Waals surface area (Å²) in [4.78, 5) is 4.33. The van der Waals surface area contributed by atoms with Crippen LogP contribution < -0.4 is 5.32 Å². The molecule has 0 unspecified atom stereocenters. The number of nitrogens with zero attached hydrogens (tertiary/aromatic N) is 3. The van der Waals surface area contributed by atoms with Gasteiger partial charge in [0.2, 0.25) is 0 Å². The fourth-order valence-corrected chi connectivity index (χ4v) is 1.13. The lowest BCUT2D eigenvalue weighted by Crippen LogP contribution is -2.02. The molecule has 4 heteroatoms. The van der Waals surface area contributed by atoms with Gasteiger partial charge in [0.1, 0.15) is 5.82 Å². The van der Waals surface area contributed by atoms with Gasteiger partial charge in [-0.1, -0.05) is 5.92 Å². The van der Waals surface area contributed by atoms with Gasteiger partial charge in [-0.25, -0.2) is 9.50 Å². The quantitative estimate of drug-likeness (QED) is 0.716. The number of hydrogen-bond acceptors (Lipinski definition) is 3. The molecule has 14 heavy (non-hydrogen) atoms. The van der Waals surface area contributed by atoms with Crippen LogP contribution in [0.2, 0.25) is 0 Å². The van der Waals surface area contributed by atoms with Crippen molar-refractivity contribution in [2.24, 2.45) is 0 Å². The summed E-state index contributed by atoms with van der Waals surface area (Å²) in [7, 11) is 0. The van der Waals surface area contributed by atoms with Crippen LogP contribution in [-0.4, -0.2) is 21.1 Å². The summed E-state index contributed by atoms with van der Waals surface area (Å²) in [6.07, 6.45) is 3.59. The lowest BCUT2D eigenvalue weighted by Gasteiger charge is -2.00. The van der Waals surface area contributed by atoms with Gasteiger partial charge in [0.05, 0.1) is 12.7 Å². The van der Waals surface area contributed by atoms with Gasteiger partial charge >= 0.3 is 0 Å². The van der Waals surface area contributed by atoms with Crippen LogP contribution in [0.3, 0.4) is 0 Å². The highest BCUT2D eigenvalue weighted by molar-refractivity contribution is 5.45. The third-order valence-electron chi connectivity index (χ3n) is 1.79. The molecule has 1 N–H and O–H groups in total. The molecular weight excluding hydrogens is 176 g/mol. The lowest BCUT2D eigenvalue weighted by molar-refractivity contribution is 0.939. The SMILES string of the molecule is CC#CCNc1ccn2nccc2n1. The van der Waals surface area contributed by atoms with Crippen molar-refractivity contribution in [2.75, 3.05) is 11.9 Å². The van der Waals surface area contributed by atoms with Crippen LogP contribution in [-0.2, 0) is 0 Å². The van der Waals surface area contributed by atoms with Crippen molar-refractivity contribution in [1.82, 2.24) is 14.6 Å². The van der Waals surface area contributed by atoms with Crippen LogP contribution in [0.25, 0.3) is 5.65 Å². The summed E-state index contributed by atoms with van der Waals surface area (Å²) < 4.78 is 1.72. The molecule has 0 saturated carbocycles. The number of aromatic nitrogens is 3. The molecule has 4 nitrogen and oxygen atoms in total. The van der Waals surface area contributed by atoms with Crippen LogP contribution in [0, 0.1) is 11.8 Å². The minimum Gasteiger partial charge on any atom is -0.359 e. The molecule has 0 radical (unpaired) electrons. The minimum absolute atomic E-state index is 0.619.